The normalized spacial score (nSPS) is 11.2. The van der Waals surface area contributed by atoms with Crippen LogP contribution in [0.2, 0.25) is 0 Å². The van der Waals surface area contributed by atoms with Crippen molar-refractivity contribution in [3.63, 3.8) is 0 Å². The van der Waals surface area contributed by atoms with E-state index in [1.807, 2.05) is 0 Å². The number of carbonyl (C=O) groups is 1. The van der Waals surface area contributed by atoms with Gasteiger partial charge in [0.05, 0.1) is 5.56 Å². The number of aryl methyl sites for hydroxylation is 1. The Morgan fingerprint density at radius 1 is 0.909 bits per heavy atom. The van der Waals surface area contributed by atoms with Gasteiger partial charge in [0.25, 0.3) is 0 Å². The van der Waals surface area contributed by atoms with Gasteiger partial charge in [0.15, 0.2) is 29.1 Å². The Morgan fingerprint density at radius 2 is 1.45 bits per heavy atom. The molecule has 0 aliphatic heterocycles. The monoisotopic (exact) mass is 312 g/mol. The lowest BCUT2D eigenvalue weighted by Crippen LogP contribution is -2.04. The highest BCUT2D eigenvalue weighted by Gasteiger charge is 2.24. The van der Waals surface area contributed by atoms with Gasteiger partial charge in [-0.2, -0.15) is 0 Å². The van der Waals surface area contributed by atoms with Crippen LogP contribution >= 0.6 is 0 Å². The first-order valence-corrected chi connectivity index (χ1v) is 6.13. The van der Waals surface area contributed by atoms with Gasteiger partial charge in [-0.1, -0.05) is 23.8 Å². The molecule has 0 radical (unpaired) electrons. The fourth-order valence-electron chi connectivity index (χ4n) is 1.82. The summed E-state index contributed by atoms with van der Waals surface area (Å²) >= 11 is 0. The van der Waals surface area contributed by atoms with Gasteiger partial charge in [-0.25, -0.2) is 22.0 Å². The molecule has 114 valence electrons. The number of rotatable bonds is 3. The van der Waals surface area contributed by atoms with Crippen molar-refractivity contribution in [3.05, 3.63) is 76.1 Å². The summed E-state index contributed by atoms with van der Waals surface area (Å²) in [6.45, 7) is 1.74. The fraction of sp³-hybridized carbons (Fsp3) is 0.0625. The van der Waals surface area contributed by atoms with Crippen LogP contribution < -0.4 is 0 Å². The standard InChI is InChI=1S/C16H9F5O/c1-8-3-2-4-9(7-8)11(22)6-5-10-12(17)14(19)16(21)15(20)13(10)18/h2-7H,1H3/b6-5+. The average molecular weight is 312 g/mol. The molecule has 0 N–H and O–H groups in total. The van der Waals surface area contributed by atoms with E-state index in [1.165, 1.54) is 12.1 Å². The Bertz CT molecular complexity index is 751. The zero-order valence-corrected chi connectivity index (χ0v) is 11.3. The Kier molecular flexibility index (Phi) is 4.40. The molecule has 0 aliphatic rings. The van der Waals surface area contributed by atoms with Crippen molar-refractivity contribution in [2.24, 2.45) is 0 Å². The van der Waals surface area contributed by atoms with Crippen molar-refractivity contribution in [3.8, 4) is 0 Å². The van der Waals surface area contributed by atoms with Crippen molar-refractivity contribution < 1.29 is 26.7 Å². The number of benzene rings is 2. The minimum atomic E-state index is -2.24. The predicted molar refractivity (Wildman–Crippen MR) is 70.8 cm³/mol. The molecule has 0 amide bonds. The minimum Gasteiger partial charge on any atom is -0.289 e. The number of ketones is 1. The molecule has 0 heterocycles. The number of hydrogen-bond acceptors (Lipinski definition) is 1. The van der Waals surface area contributed by atoms with Crippen molar-refractivity contribution in [1.29, 1.82) is 0 Å². The van der Waals surface area contributed by atoms with E-state index in [1.54, 1.807) is 19.1 Å². The van der Waals surface area contributed by atoms with Crippen LogP contribution in [0.5, 0.6) is 0 Å². The lowest BCUT2D eigenvalue weighted by molar-refractivity contribution is 0.104. The van der Waals surface area contributed by atoms with Gasteiger partial charge in [0.2, 0.25) is 5.82 Å². The second-order valence-electron chi connectivity index (χ2n) is 4.55. The van der Waals surface area contributed by atoms with Crippen molar-refractivity contribution >= 4 is 11.9 Å². The fourth-order valence-corrected chi connectivity index (χ4v) is 1.82. The van der Waals surface area contributed by atoms with E-state index in [-0.39, 0.29) is 5.56 Å². The molecule has 0 aromatic heterocycles. The number of halogens is 5. The van der Waals surface area contributed by atoms with Crippen molar-refractivity contribution in [1.82, 2.24) is 0 Å². The molecule has 0 bridgehead atoms. The van der Waals surface area contributed by atoms with Crippen LogP contribution in [0.25, 0.3) is 6.08 Å². The molecule has 6 heteroatoms. The maximum absolute atomic E-state index is 13.4. The van der Waals surface area contributed by atoms with Gasteiger partial charge >= 0.3 is 0 Å². The Morgan fingerprint density at radius 3 is 2.00 bits per heavy atom. The first kappa shape index (κ1) is 15.9. The molecular weight excluding hydrogens is 303 g/mol. The largest absolute Gasteiger partial charge is 0.289 e. The number of allylic oxidation sites excluding steroid dienone is 1. The van der Waals surface area contributed by atoms with Crippen LogP contribution in [-0.4, -0.2) is 5.78 Å². The maximum Gasteiger partial charge on any atom is 0.200 e. The summed E-state index contributed by atoms with van der Waals surface area (Å²) in [5, 5.41) is 0. The molecule has 2 aromatic rings. The van der Waals surface area contributed by atoms with E-state index in [0.717, 1.165) is 11.6 Å². The molecule has 22 heavy (non-hydrogen) atoms. The molecule has 0 saturated heterocycles. The van der Waals surface area contributed by atoms with Gasteiger partial charge < -0.3 is 0 Å². The van der Waals surface area contributed by atoms with E-state index in [2.05, 4.69) is 0 Å². The highest BCUT2D eigenvalue weighted by atomic mass is 19.2. The van der Waals surface area contributed by atoms with Gasteiger partial charge in [0, 0.05) is 5.56 Å². The van der Waals surface area contributed by atoms with Gasteiger partial charge in [-0.15, -0.1) is 0 Å². The van der Waals surface area contributed by atoms with Crippen LogP contribution in [-0.2, 0) is 0 Å². The molecule has 0 atom stereocenters. The van der Waals surface area contributed by atoms with Gasteiger partial charge in [-0.05, 0) is 25.1 Å². The molecule has 2 aromatic carbocycles. The van der Waals surface area contributed by atoms with Gasteiger partial charge in [0.1, 0.15) is 0 Å². The Hall–Kier alpha value is -2.50. The zero-order valence-electron chi connectivity index (χ0n) is 11.3. The maximum atomic E-state index is 13.4. The minimum absolute atomic E-state index is 0.236. The molecule has 1 nitrogen and oxygen atoms in total. The van der Waals surface area contributed by atoms with E-state index in [9.17, 15) is 26.7 Å². The zero-order chi connectivity index (χ0) is 16.4. The molecule has 0 spiro atoms. The van der Waals surface area contributed by atoms with Crippen molar-refractivity contribution in [2.45, 2.75) is 6.92 Å². The van der Waals surface area contributed by atoms with E-state index in [4.69, 9.17) is 0 Å². The molecule has 0 fully saturated rings. The lowest BCUT2D eigenvalue weighted by Gasteiger charge is -2.04. The molecular formula is C16H9F5O. The summed E-state index contributed by atoms with van der Waals surface area (Å²) in [4.78, 5) is 11.8. The first-order chi connectivity index (χ1) is 10.3. The SMILES string of the molecule is Cc1cccc(C(=O)/C=C/c2c(F)c(F)c(F)c(F)c2F)c1. The van der Waals surface area contributed by atoms with Crippen LogP contribution in [0.1, 0.15) is 21.5 Å². The molecule has 0 aliphatic carbocycles. The second kappa shape index (κ2) is 6.09. The van der Waals surface area contributed by atoms with Crippen LogP contribution in [0, 0.1) is 36.0 Å². The van der Waals surface area contributed by atoms with Crippen LogP contribution in [0.3, 0.4) is 0 Å². The van der Waals surface area contributed by atoms with Crippen LogP contribution in [0.4, 0.5) is 22.0 Å². The highest BCUT2D eigenvalue weighted by molar-refractivity contribution is 6.06. The van der Waals surface area contributed by atoms with E-state index in [0.29, 0.717) is 6.08 Å². The highest BCUT2D eigenvalue weighted by Crippen LogP contribution is 2.24. The summed E-state index contributed by atoms with van der Waals surface area (Å²) in [5.41, 5.74) is -0.131. The first-order valence-electron chi connectivity index (χ1n) is 6.13. The van der Waals surface area contributed by atoms with Crippen molar-refractivity contribution in [2.75, 3.05) is 0 Å². The third-order valence-electron chi connectivity index (χ3n) is 2.95. The number of hydrogen-bond donors (Lipinski definition) is 0. The summed E-state index contributed by atoms with van der Waals surface area (Å²) in [5.74, 6) is -10.9. The quantitative estimate of drug-likeness (QED) is 0.266. The van der Waals surface area contributed by atoms with Gasteiger partial charge in [-0.3, -0.25) is 4.79 Å². The average Bonchev–Trinajstić information content (AvgIpc) is 2.50. The second-order valence-corrected chi connectivity index (χ2v) is 4.55. The summed E-state index contributed by atoms with van der Waals surface area (Å²) in [7, 11) is 0. The summed E-state index contributed by atoms with van der Waals surface area (Å²) < 4.78 is 65.8. The summed E-state index contributed by atoms with van der Waals surface area (Å²) in [6, 6.07) is 6.35. The third-order valence-corrected chi connectivity index (χ3v) is 2.95. The van der Waals surface area contributed by atoms with Crippen LogP contribution in [0.15, 0.2) is 30.3 Å². The summed E-state index contributed by atoms with van der Waals surface area (Å²) in [6.07, 6.45) is 1.33. The molecule has 2 rings (SSSR count). The topological polar surface area (TPSA) is 17.1 Å². The smallest absolute Gasteiger partial charge is 0.200 e. The molecule has 0 saturated carbocycles. The Balaban J connectivity index is 2.41. The third kappa shape index (κ3) is 2.90. The Labute approximate surface area is 122 Å². The lowest BCUT2D eigenvalue weighted by atomic mass is 10.1. The van der Waals surface area contributed by atoms with E-state index < -0.39 is 40.4 Å². The predicted octanol–water partition coefficient (Wildman–Crippen LogP) is 4.59. The number of carbonyl (C=O) groups excluding carboxylic acids is 1. The van der Waals surface area contributed by atoms with E-state index >= 15 is 0 Å². The molecule has 0 unspecified atom stereocenters.